The van der Waals surface area contributed by atoms with Crippen molar-refractivity contribution in [1.82, 2.24) is 40.4 Å². The van der Waals surface area contributed by atoms with Gasteiger partial charge in [-0.25, -0.2) is 4.98 Å². The fraction of sp³-hybridized carbons (Fsp3) is 0.188. The van der Waals surface area contributed by atoms with E-state index >= 15 is 0 Å². The van der Waals surface area contributed by atoms with Crippen LogP contribution >= 0.6 is 23.2 Å². The maximum absolute atomic E-state index is 13.4. The molecule has 5 aromatic rings. The molecule has 0 spiro atoms. The number of tetrazole rings is 1. The number of methoxy groups -OCH3 is 1. The van der Waals surface area contributed by atoms with Crippen molar-refractivity contribution in [3.05, 3.63) is 107 Å². The molecule has 0 bridgehead atoms. The van der Waals surface area contributed by atoms with E-state index in [0.29, 0.717) is 51.8 Å². The van der Waals surface area contributed by atoms with E-state index in [1.165, 1.54) is 17.1 Å². The maximum atomic E-state index is 13.4. The molecular weight excluding hydrogens is 631 g/mol. The third-order valence-corrected chi connectivity index (χ3v) is 7.82. The van der Waals surface area contributed by atoms with Crippen molar-refractivity contribution in [2.24, 2.45) is 0 Å². The van der Waals surface area contributed by atoms with Crippen molar-refractivity contribution >= 4 is 41.1 Å². The number of amides is 2. The number of nitrogens with one attached hydrogen (secondary N) is 2. The lowest BCUT2D eigenvalue weighted by Crippen LogP contribution is -2.56. The Balaban J connectivity index is 1.17. The molecule has 0 saturated carbocycles. The molecule has 1 saturated heterocycles. The van der Waals surface area contributed by atoms with Gasteiger partial charge in [0.1, 0.15) is 40.6 Å². The third-order valence-electron chi connectivity index (χ3n) is 7.31. The van der Waals surface area contributed by atoms with Gasteiger partial charge in [-0.2, -0.15) is 4.68 Å². The fourth-order valence-corrected chi connectivity index (χ4v) is 5.36. The van der Waals surface area contributed by atoms with E-state index in [1.54, 1.807) is 36.3 Å². The lowest BCUT2D eigenvalue weighted by molar-refractivity contribution is -0.140. The molecule has 1 aliphatic rings. The minimum atomic E-state index is -0.806. The van der Waals surface area contributed by atoms with Gasteiger partial charge in [-0.05, 0) is 59.0 Å². The van der Waals surface area contributed by atoms with Crippen LogP contribution in [0.25, 0.3) is 23.0 Å². The van der Waals surface area contributed by atoms with Gasteiger partial charge in [0.15, 0.2) is 0 Å². The molecule has 0 unspecified atom stereocenters. The highest BCUT2D eigenvalue weighted by Gasteiger charge is 2.34. The number of carbonyl (C=O) groups is 2. The molecule has 14 heteroatoms. The largest absolute Gasteiger partial charge is 0.497 e. The molecule has 3 heterocycles. The first-order valence-electron chi connectivity index (χ1n) is 14.3. The first-order valence-corrected chi connectivity index (χ1v) is 15.0. The summed E-state index contributed by atoms with van der Waals surface area (Å²) < 4.78 is 12.6. The van der Waals surface area contributed by atoms with Crippen LogP contribution in [0.3, 0.4) is 0 Å². The molecule has 46 heavy (non-hydrogen) atoms. The zero-order valence-electron chi connectivity index (χ0n) is 24.5. The molecule has 2 aromatic heterocycles. The maximum Gasteiger partial charge on any atom is 0.244 e. The Labute approximate surface area is 273 Å². The number of hydrogen-bond donors (Lipinski definition) is 2. The Bertz CT molecular complexity index is 1840. The number of halogens is 2. The number of carbonyl (C=O) groups excluding carboxylic acids is 2. The second-order valence-corrected chi connectivity index (χ2v) is 11.2. The summed E-state index contributed by atoms with van der Waals surface area (Å²) in [5.41, 5.74) is 2.54. The second kappa shape index (κ2) is 13.8. The van der Waals surface area contributed by atoms with Crippen molar-refractivity contribution in [3.8, 4) is 28.4 Å². The number of likely N-dealkylation sites (tertiary alicyclic amines) is 1. The first kappa shape index (κ1) is 30.8. The molecule has 2 amide bonds. The number of nitrogens with zero attached hydrogens (tertiary/aromatic N) is 6. The van der Waals surface area contributed by atoms with Crippen LogP contribution in [0.15, 0.2) is 85.2 Å². The Morgan fingerprint density at radius 2 is 1.83 bits per heavy atom. The topological polar surface area (TPSA) is 140 Å². The van der Waals surface area contributed by atoms with Gasteiger partial charge in [0, 0.05) is 22.2 Å². The molecular formula is C32H28Cl2N8O4. The smallest absolute Gasteiger partial charge is 0.244 e. The van der Waals surface area contributed by atoms with Crippen molar-refractivity contribution in [2.75, 3.05) is 20.2 Å². The third kappa shape index (κ3) is 7.19. The molecule has 1 aliphatic heterocycles. The van der Waals surface area contributed by atoms with Crippen LogP contribution < -0.4 is 14.8 Å². The Kier molecular flexibility index (Phi) is 9.27. The van der Waals surface area contributed by atoms with E-state index in [1.807, 2.05) is 54.6 Å². The van der Waals surface area contributed by atoms with Gasteiger partial charge in [0.2, 0.25) is 11.8 Å². The molecule has 234 valence electrons. The molecule has 1 atom stereocenters. The normalized spacial score (nSPS) is 13.8. The number of benzene rings is 3. The van der Waals surface area contributed by atoms with Gasteiger partial charge in [0.05, 0.1) is 38.3 Å². The van der Waals surface area contributed by atoms with Crippen molar-refractivity contribution in [3.63, 3.8) is 0 Å². The highest BCUT2D eigenvalue weighted by Crippen LogP contribution is 2.29. The number of ether oxygens (including phenoxy) is 2. The lowest BCUT2D eigenvalue weighted by atomic mass is 10.1. The number of H-pyrrole nitrogens is 1. The van der Waals surface area contributed by atoms with Crippen LogP contribution in [0.1, 0.15) is 23.9 Å². The average molecular weight is 660 g/mol. The molecule has 2 N–H and O–H groups in total. The van der Waals surface area contributed by atoms with E-state index in [2.05, 4.69) is 30.8 Å². The number of aromatic nitrogens is 6. The van der Waals surface area contributed by atoms with Crippen LogP contribution in [0.5, 0.6) is 11.5 Å². The summed E-state index contributed by atoms with van der Waals surface area (Å²) in [4.78, 5) is 36.1. The summed E-state index contributed by atoms with van der Waals surface area (Å²) in [5.74, 6) is 1.14. The highest BCUT2D eigenvalue weighted by molar-refractivity contribution is 6.32. The van der Waals surface area contributed by atoms with Crippen molar-refractivity contribution < 1.29 is 19.1 Å². The Hall–Kier alpha value is -5.20. The molecule has 0 aliphatic carbocycles. The lowest BCUT2D eigenvalue weighted by Gasteiger charge is -2.39. The summed E-state index contributed by atoms with van der Waals surface area (Å²) in [6, 6.07) is 21.0. The van der Waals surface area contributed by atoms with Gasteiger partial charge < -0.3 is 24.7 Å². The molecule has 6 rings (SSSR count). The van der Waals surface area contributed by atoms with Crippen LogP contribution in [0.4, 0.5) is 0 Å². The van der Waals surface area contributed by atoms with Crippen LogP contribution in [0, 0.1) is 0 Å². The van der Waals surface area contributed by atoms with Gasteiger partial charge in [0.25, 0.3) is 0 Å². The second-order valence-electron chi connectivity index (χ2n) is 10.4. The van der Waals surface area contributed by atoms with E-state index < -0.39 is 11.9 Å². The average Bonchev–Trinajstić information content (AvgIpc) is 3.72. The summed E-state index contributed by atoms with van der Waals surface area (Å²) in [7, 11) is 1.60. The SMILES string of the molecule is COc1ccc(OC2CN(C(=O)C[C@H](NC(=O)/C=C/c3cc(Cl)ccc3-n3cnnn3)c3nc(-c4ccccc4)c(Cl)[nH]3)C2)cc1. The predicted molar refractivity (Wildman–Crippen MR) is 172 cm³/mol. The van der Waals surface area contributed by atoms with Crippen molar-refractivity contribution in [1.29, 1.82) is 0 Å². The summed E-state index contributed by atoms with van der Waals surface area (Å²) in [5, 5.41) is 15.0. The standard InChI is InChI=1S/C32H28Cl2N8O4/c1-45-23-9-11-24(12-10-23)46-25-17-41(18-25)29(44)16-26(32-37-30(31(34)38-32)20-5-3-2-4-6-20)36-28(43)14-7-21-15-22(33)8-13-27(21)42-19-35-39-40-42/h2-15,19,25-26H,16-18H2,1H3,(H,36,43)(H,37,38)/b14-7+/t26-/m0/s1. The first-order chi connectivity index (χ1) is 22.4. The van der Waals surface area contributed by atoms with E-state index in [9.17, 15) is 9.59 Å². The van der Waals surface area contributed by atoms with Crippen molar-refractivity contribution in [2.45, 2.75) is 18.6 Å². The highest BCUT2D eigenvalue weighted by atomic mass is 35.5. The van der Waals surface area contributed by atoms with Crippen LogP contribution in [-0.4, -0.2) is 73.2 Å². The van der Waals surface area contributed by atoms with Crippen LogP contribution in [-0.2, 0) is 9.59 Å². The predicted octanol–water partition coefficient (Wildman–Crippen LogP) is 4.92. The van der Waals surface area contributed by atoms with Gasteiger partial charge in [-0.3, -0.25) is 9.59 Å². The zero-order valence-corrected chi connectivity index (χ0v) is 26.0. The van der Waals surface area contributed by atoms with Gasteiger partial charge >= 0.3 is 0 Å². The zero-order chi connectivity index (χ0) is 32.0. The summed E-state index contributed by atoms with van der Waals surface area (Å²) in [6.45, 7) is 0.822. The van der Waals surface area contributed by atoms with Gasteiger partial charge in [-0.1, -0.05) is 53.5 Å². The fourth-order valence-electron chi connectivity index (χ4n) is 4.93. The van der Waals surface area contributed by atoms with Gasteiger partial charge in [-0.15, -0.1) is 5.10 Å². The quantitative estimate of drug-likeness (QED) is 0.191. The Morgan fingerprint density at radius 3 is 2.54 bits per heavy atom. The summed E-state index contributed by atoms with van der Waals surface area (Å²) in [6.07, 6.45) is 4.18. The van der Waals surface area contributed by atoms with E-state index in [4.69, 9.17) is 32.7 Å². The van der Waals surface area contributed by atoms with E-state index in [0.717, 1.165) is 11.3 Å². The number of hydrogen-bond acceptors (Lipinski definition) is 8. The molecule has 1 fully saturated rings. The Morgan fingerprint density at radius 1 is 1.07 bits per heavy atom. The minimum absolute atomic E-state index is 0.0556. The monoisotopic (exact) mass is 658 g/mol. The van der Waals surface area contributed by atoms with Crippen LogP contribution in [0.2, 0.25) is 10.2 Å². The molecule has 3 aromatic carbocycles. The number of aromatic amines is 1. The summed E-state index contributed by atoms with van der Waals surface area (Å²) >= 11 is 12.8. The molecule has 12 nitrogen and oxygen atoms in total. The molecule has 0 radical (unpaired) electrons. The minimum Gasteiger partial charge on any atom is -0.497 e. The number of imidazole rings is 1. The number of rotatable bonds is 11. The van der Waals surface area contributed by atoms with E-state index in [-0.39, 0.29) is 18.4 Å².